The van der Waals surface area contributed by atoms with Crippen molar-refractivity contribution >= 4 is 0 Å². The SMILES string of the molecule is CC1CCC(C#N)(C2(O)CCC(C)(C)CC2C)C1. The summed E-state index contributed by atoms with van der Waals surface area (Å²) >= 11 is 0. The lowest BCUT2D eigenvalue weighted by Gasteiger charge is -2.51. The van der Waals surface area contributed by atoms with Crippen LogP contribution in [0.4, 0.5) is 0 Å². The van der Waals surface area contributed by atoms with Crippen molar-refractivity contribution < 1.29 is 5.11 Å². The van der Waals surface area contributed by atoms with Gasteiger partial charge in [-0.05, 0) is 55.8 Å². The fraction of sp³-hybridized carbons (Fsp3) is 0.938. The summed E-state index contributed by atoms with van der Waals surface area (Å²) in [5, 5.41) is 20.9. The normalized spacial score (nSPS) is 47.8. The number of hydrogen-bond acceptors (Lipinski definition) is 2. The highest BCUT2D eigenvalue weighted by Gasteiger charge is 2.58. The first-order valence-corrected chi connectivity index (χ1v) is 7.38. The van der Waals surface area contributed by atoms with E-state index < -0.39 is 11.0 Å². The summed E-state index contributed by atoms with van der Waals surface area (Å²) < 4.78 is 0. The molecule has 18 heavy (non-hydrogen) atoms. The molecule has 1 N–H and O–H groups in total. The first kappa shape index (κ1) is 13.9. The Morgan fingerprint density at radius 3 is 2.22 bits per heavy atom. The summed E-state index contributed by atoms with van der Waals surface area (Å²) in [7, 11) is 0. The van der Waals surface area contributed by atoms with Gasteiger partial charge in [0.25, 0.3) is 0 Å². The van der Waals surface area contributed by atoms with E-state index in [9.17, 15) is 10.4 Å². The Hall–Kier alpha value is -0.550. The number of hydrogen-bond donors (Lipinski definition) is 1. The molecule has 2 saturated carbocycles. The molecule has 0 radical (unpaired) electrons. The molecular weight excluding hydrogens is 222 g/mol. The minimum absolute atomic E-state index is 0.228. The molecule has 102 valence electrons. The van der Waals surface area contributed by atoms with Crippen LogP contribution in [0.25, 0.3) is 0 Å². The maximum atomic E-state index is 11.2. The van der Waals surface area contributed by atoms with Gasteiger partial charge in [0, 0.05) is 0 Å². The van der Waals surface area contributed by atoms with Crippen LogP contribution in [0.3, 0.4) is 0 Å². The summed E-state index contributed by atoms with van der Waals surface area (Å²) in [4.78, 5) is 0. The van der Waals surface area contributed by atoms with Gasteiger partial charge in [0.05, 0.1) is 17.1 Å². The average molecular weight is 249 g/mol. The highest BCUT2D eigenvalue weighted by molar-refractivity contribution is 5.17. The van der Waals surface area contributed by atoms with Crippen LogP contribution in [-0.4, -0.2) is 10.7 Å². The second kappa shape index (κ2) is 4.23. The van der Waals surface area contributed by atoms with Crippen molar-refractivity contribution in [3.05, 3.63) is 0 Å². The van der Waals surface area contributed by atoms with Crippen LogP contribution in [0.2, 0.25) is 0 Å². The van der Waals surface area contributed by atoms with Crippen molar-refractivity contribution in [1.29, 1.82) is 5.26 Å². The smallest absolute Gasteiger partial charge is 0.0865 e. The predicted octanol–water partition coefficient (Wildman–Crippen LogP) is 3.89. The fourth-order valence-corrected chi connectivity index (χ4v) is 4.47. The minimum Gasteiger partial charge on any atom is -0.388 e. The molecule has 4 unspecified atom stereocenters. The lowest BCUT2D eigenvalue weighted by Crippen LogP contribution is -2.55. The fourth-order valence-electron chi connectivity index (χ4n) is 4.47. The molecule has 2 aliphatic carbocycles. The number of rotatable bonds is 1. The molecular formula is C16H27NO. The largest absolute Gasteiger partial charge is 0.388 e. The van der Waals surface area contributed by atoms with Gasteiger partial charge in [-0.2, -0.15) is 5.26 Å². The maximum Gasteiger partial charge on any atom is 0.0865 e. The van der Waals surface area contributed by atoms with Crippen molar-refractivity contribution in [2.24, 2.45) is 22.7 Å². The lowest BCUT2D eigenvalue weighted by atomic mass is 9.55. The zero-order valence-corrected chi connectivity index (χ0v) is 12.3. The Kier molecular flexibility index (Phi) is 3.26. The summed E-state index contributed by atoms with van der Waals surface area (Å²) in [6.07, 6.45) is 5.71. The molecule has 0 spiro atoms. The predicted molar refractivity (Wildman–Crippen MR) is 72.8 cm³/mol. The second-order valence-electron chi connectivity index (χ2n) is 7.74. The molecule has 4 atom stereocenters. The van der Waals surface area contributed by atoms with Crippen molar-refractivity contribution in [2.45, 2.75) is 71.8 Å². The number of aliphatic hydroxyl groups is 1. The van der Waals surface area contributed by atoms with Gasteiger partial charge in [-0.15, -0.1) is 0 Å². The number of nitrogens with zero attached hydrogens (tertiary/aromatic N) is 1. The van der Waals surface area contributed by atoms with Crippen LogP contribution in [0, 0.1) is 34.0 Å². The molecule has 0 aliphatic heterocycles. The third kappa shape index (κ3) is 1.97. The minimum atomic E-state index is -0.762. The van der Waals surface area contributed by atoms with E-state index in [0.717, 1.165) is 38.5 Å². The van der Waals surface area contributed by atoms with Crippen molar-refractivity contribution in [3.63, 3.8) is 0 Å². The van der Waals surface area contributed by atoms with Gasteiger partial charge in [-0.25, -0.2) is 0 Å². The Morgan fingerprint density at radius 2 is 1.78 bits per heavy atom. The Bertz CT molecular complexity index is 370. The van der Waals surface area contributed by atoms with Gasteiger partial charge < -0.3 is 5.11 Å². The molecule has 0 saturated heterocycles. The van der Waals surface area contributed by atoms with Gasteiger partial charge in [0.2, 0.25) is 0 Å². The lowest BCUT2D eigenvalue weighted by molar-refractivity contribution is -0.138. The zero-order valence-electron chi connectivity index (χ0n) is 12.3. The van der Waals surface area contributed by atoms with Crippen molar-refractivity contribution in [2.75, 3.05) is 0 Å². The van der Waals surface area contributed by atoms with Crippen molar-refractivity contribution in [3.8, 4) is 6.07 Å². The number of nitriles is 1. The second-order valence-corrected chi connectivity index (χ2v) is 7.74. The maximum absolute atomic E-state index is 11.2. The molecule has 0 amide bonds. The first-order chi connectivity index (χ1) is 8.25. The van der Waals surface area contributed by atoms with E-state index in [-0.39, 0.29) is 5.92 Å². The van der Waals surface area contributed by atoms with Gasteiger partial charge in [-0.3, -0.25) is 0 Å². The highest BCUT2D eigenvalue weighted by atomic mass is 16.3. The molecule has 0 bridgehead atoms. The molecule has 2 heteroatoms. The standard InChI is InChI=1S/C16H27NO/c1-12-5-6-15(9-12,11-17)16(18)8-7-14(3,4)10-13(16)2/h12-13,18H,5-10H2,1-4H3. The van der Waals surface area contributed by atoms with E-state index in [1.165, 1.54) is 0 Å². The highest BCUT2D eigenvalue weighted by Crippen LogP contribution is 2.57. The van der Waals surface area contributed by atoms with Crippen molar-refractivity contribution in [1.82, 2.24) is 0 Å². The van der Waals surface area contributed by atoms with E-state index in [1.807, 2.05) is 0 Å². The molecule has 0 heterocycles. The monoisotopic (exact) mass is 249 g/mol. The third-order valence-corrected chi connectivity index (χ3v) is 5.66. The quantitative estimate of drug-likeness (QED) is 0.766. The van der Waals surface area contributed by atoms with Crippen LogP contribution in [-0.2, 0) is 0 Å². The summed E-state index contributed by atoms with van der Waals surface area (Å²) in [5.41, 5.74) is -0.934. The van der Waals surface area contributed by atoms with Gasteiger partial charge >= 0.3 is 0 Å². The Morgan fingerprint density at radius 1 is 1.11 bits per heavy atom. The van der Waals surface area contributed by atoms with Gasteiger partial charge in [0.15, 0.2) is 0 Å². The summed E-state index contributed by atoms with van der Waals surface area (Å²) in [6.45, 7) is 8.90. The molecule has 0 aromatic carbocycles. The van der Waals surface area contributed by atoms with Gasteiger partial charge in [-0.1, -0.05) is 27.7 Å². The third-order valence-electron chi connectivity index (χ3n) is 5.66. The molecule has 2 fully saturated rings. The first-order valence-electron chi connectivity index (χ1n) is 7.38. The van der Waals surface area contributed by atoms with E-state index in [1.54, 1.807) is 0 Å². The molecule has 2 aliphatic rings. The van der Waals surface area contributed by atoms with E-state index in [4.69, 9.17) is 0 Å². The van der Waals surface area contributed by atoms with E-state index in [2.05, 4.69) is 33.8 Å². The average Bonchev–Trinajstić information content (AvgIpc) is 2.67. The molecule has 2 rings (SSSR count). The summed E-state index contributed by atoms with van der Waals surface area (Å²) in [6, 6.07) is 2.53. The van der Waals surface area contributed by atoms with E-state index >= 15 is 0 Å². The Labute approximate surface area is 111 Å². The van der Waals surface area contributed by atoms with Crippen LogP contribution in [0.5, 0.6) is 0 Å². The molecule has 2 nitrogen and oxygen atoms in total. The van der Waals surface area contributed by atoms with Crippen LogP contribution in [0.1, 0.15) is 66.2 Å². The van der Waals surface area contributed by atoms with Crippen LogP contribution >= 0.6 is 0 Å². The molecule has 0 aromatic rings. The van der Waals surface area contributed by atoms with Crippen LogP contribution in [0.15, 0.2) is 0 Å². The van der Waals surface area contributed by atoms with Gasteiger partial charge in [0.1, 0.15) is 0 Å². The zero-order chi connectivity index (χ0) is 13.6. The molecule has 0 aromatic heterocycles. The summed E-state index contributed by atoms with van der Waals surface area (Å²) in [5.74, 6) is 0.807. The topological polar surface area (TPSA) is 44.0 Å². The Balaban J connectivity index is 2.29. The van der Waals surface area contributed by atoms with E-state index in [0.29, 0.717) is 11.3 Å². The van der Waals surface area contributed by atoms with Crippen LogP contribution < -0.4 is 0 Å².